The number of unbranched alkanes of at least 4 members (excludes halogenated alkanes) is 2. The van der Waals surface area contributed by atoms with Gasteiger partial charge >= 0.3 is 0 Å². The van der Waals surface area contributed by atoms with E-state index in [4.69, 9.17) is 28.7 Å². The number of methoxy groups -OCH3 is 3. The van der Waals surface area contributed by atoms with Crippen molar-refractivity contribution < 1.29 is 33.3 Å². The number of nitrogens with zero attached hydrogens (tertiary/aromatic N) is 3. The maximum Gasteiger partial charge on any atom is 0.260 e. The average molecular weight is 693 g/mol. The van der Waals surface area contributed by atoms with Crippen LogP contribution >= 0.6 is 0 Å². The van der Waals surface area contributed by atoms with Gasteiger partial charge in [0.25, 0.3) is 11.8 Å². The van der Waals surface area contributed by atoms with Crippen LogP contribution in [0, 0.1) is 5.41 Å². The van der Waals surface area contributed by atoms with Gasteiger partial charge in [0.15, 0.2) is 23.0 Å². The van der Waals surface area contributed by atoms with Crippen molar-refractivity contribution in [1.82, 2.24) is 9.80 Å². The fraction of sp³-hybridized carbons (Fsp3) is 0.425. The van der Waals surface area contributed by atoms with Gasteiger partial charge in [0, 0.05) is 50.1 Å². The molecule has 8 rings (SSSR count). The summed E-state index contributed by atoms with van der Waals surface area (Å²) in [4.78, 5) is 35.7. The molecule has 0 radical (unpaired) electrons. The van der Waals surface area contributed by atoms with Gasteiger partial charge in [-0.05, 0) is 79.3 Å². The zero-order valence-corrected chi connectivity index (χ0v) is 29.4. The summed E-state index contributed by atoms with van der Waals surface area (Å²) in [5.74, 6) is 2.99. The van der Waals surface area contributed by atoms with Gasteiger partial charge in [0.1, 0.15) is 5.75 Å². The fourth-order valence-corrected chi connectivity index (χ4v) is 7.78. The van der Waals surface area contributed by atoms with Crippen molar-refractivity contribution in [2.75, 3.05) is 52.9 Å². The molecule has 266 valence electrons. The summed E-state index contributed by atoms with van der Waals surface area (Å²) in [6.45, 7) is 2.60. The lowest BCUT2D eigenvalue weighted by Gasteiger charge is -2.21. The van der Waals surface area contributed by atoms with Crippen molar-refractivity contribution in [3.8, 4) is 28.7 Å². The van der Waals surface area contributed by atoms with E-state index in [-0.39, 0.29) is 23.9 Å². The smallest absolute Gasteiger partial charge is 0.260 e. The number of aliphatic imine (C=N–C) groups is 1. The van der Waals surface area contributed by atoms with Crippen LogP contribution in [0.1, 0.15) is 71.2 Å². The molecule has 1 N–H and O–H groups in total. The van der Waals surface area contributed by atoms with Crippen LogP contribution in [-0.4, -0.2) is 87.5 Å². The molecule has 51 heavy (non-hydrogen) atoms. The van der Waals surface area contributed by atoms with Gasteiger partial charge in [-0.2, -0.15) is 0 Å². The van der Waals surface area contributed by atoms with Crippen LogP contribution in [0.25, 0.3) is 5.57 Å². The molecule has 5 aliphatic rings. The third-order valence-corrected chi connectivity index (χ3v) is 10.9. The molecule has 4 heterocycles. The van der Waals surface area contributed by atoms with E-state index in [0.717, 1.165) is 61.3 Å². The Kier molecular flexibility index (Phi) is 8.73. The molecular weight excluding hydrogens is 648 g/mol. The number of rotatable bonds is 12. The lowest BCUT2D eigenvalue weighted by molar-refractivity contribution is 0.0743. The highest BCUT2D eigenvalue weighted by Gasteiger charge is 2.54. The number of amides is 2. The normalized spacial score (nSPS) is 20.7. The second kappa shape index (κ2) is 13.5. The van der Waals surface area contributed by atoms with Gasteiger partial charge in [-0.3, -0.25) is 14.6 Å². The van der Waals surface area contributed by atoms with Crippen LogP contribution in [0.5, 0.6) is 28.7 Å². The number of fused-ring (bicyclic) bond motifs is 4. The average Bonchev–Trinajstić information content (AvgIpc) is 3.69. The molecule has 11 nitrogen and oxygen atoms in total. The molecule has 1 unspecified atom stereocenters. The van der Waals surface area contributed by atoms with Gasteiger partial charge < -0.3 is 38.8 Å². The third-order valence-electron chi connectivity index (χ3n) is 10.9. The molecule has 3 aromatic rings. The van der Waals surface area contributed by atoms with E-state index < -0.39 is 0 Å². The van der Waals surface area contributed by atoms with Crippen molar-refractivity contribution in [3.05, 3.63) is 71.4 Å². The molecule has 3 aromatic carbocycles. The van der Waals surface area contributed by atoms with E-state index >= 15 is 0 Å². The molecule has 1 spiro atoms. The first-order valence-electron chi connectivity index (χ1n) is 17.8. The Hall–Kier alpha value is -5.19. The maximum absolute atomic E-state index is 13.7. The second-order valence-corrected chi connectivity index (χ2v) is 14.1. The molecule has 0 aromatic heterocycles. The Bertz CT molecular complexity index is 1900. The van der Waals surface area contributed by atoms with Crippen LogP contribution in [0.15, 0.2) is 59.7 Å². The van der Waals surface area contributed by atoms with Crippen LogP contribution in [0.2, 0.25) is 0 Å². The van der Waals surface area contributed by atoms with Crippen molar-refractivity contribution >= 4 is 35.0 Å². The Morgan fingerprint density at radius 1 is 0.824 bits per heavy atom. The highest BCUT2D eigenvalue weighted by molar-refractivity contribution is 6.05. The van der Waals surface area contributed by atoms with Gasteiger partial charge in [-0.25, -0.2) is 0 Å². The standard InChI is InChI=1S/C40H44N4O7/c1-47-29-9-7-25(8-10-29)26-15-27-21-41-32-18-36(34(48-2)16-30(32)38(45)43(27)23-26)50-13-5-4-6-14-51-37-19-33-31(17-35(37)49-3)39(46)44-24-40(11-12-40)20-28(44)22-42-33/h7-10,16-19,21,23,27-28,42H,4-6,11-15,20,22,24H2,1-3H3/t27?,28-/m0/s1. The molecule has 1 saturated heterocycles. The Labute approximate surface area is 298 Å². The number of anilines is 1. The van der Waals surface area contributed by atoms with Gasteiger partial charge in [-0.1, -0.05) is 12.1 Å². The highest BCUT2D eigenvalue weighted by atomic mass is 16.5. The minimum absolute atomic E-state index is 0.0787. The fourth-order valence-electron chi connectivity index (χ4n) is 7.78. The lowest BCUT2D eigenvalue weighted by Crippen LogP contribution is -2.37. The number of hydrogen-bond acceptors (Lipinski definition) is 9. The quantitative estimate of drug-likeness (QED) is 0.208. The van der Waals surface area contributed by atoms with Gasteiger partial charge in [-0.15, -0.1) is 0 Å². The van der Waals surface area contributed by atoms with E-state index in [9.17, 15) is 9.59 Å². The van der Waals surface area contributed by atoms with E-state index in [1.165, 1.54) is 12.8 Å². The second-order valence-electron chi connectivity index (χ2n) is 14.1. The minimum Gasteiger partial charge on any atom is -0.497 e. The van der Waals surface area contributed by atoms with E-state index in [0.29, 0.717) is 64.9 Å². The zero-order valence-electron chi connectivity index (χ0n) is 29.4. The number of ether oxygens (including phenoxy) is 5. The predicted octanol–water partition coefficient (Wildman–Crippen LogP) is 6.73. The van der Waals surface area contributed by atoms with Crippen molar-refractivity contribution in [2.45, 2.75) is 57.0 Å². The lowest BCUT2D eigenvalue weighted by atomic mass is 10.0. The maximum atomic E-state index is 13.7. The van der Waals surface area contributed by atoms with Gasteiger partial charge in [0.2, 0.25) is 0 Å². The molecule has 1 saturated carbocycles. The highest BCUT2D eigenvalue weighted by Crippen LogP contribution is 2.55. The number of nitrogens with one attached hydrogen (secondary N) is 1. The molecule has 0 bridgehead atoms. The molecule has 1 aliphatic carbocycles. The van der Waals surface area contributed by atoms with Crippen LogP contribution < -0.4 is 29.0 Å². The Morgan fingerprint density at radius 2 is 1.53 bits per heavy atom. The third kappa shape index (κ3) is 6.34. The summed E-state index contributed by atoms with van der Waals surface area (Å²) in [5.41, 5.74) is 4.97. The van der Waals surface area contributed by atoms with Crippen LogP contribution in [-0.2, 0) is 0 Å². The molecule has 4 aliphatic heterocycles. The Balaban J connectivity index is 0.845. The summed E-state index contributed by atoms with van der Waals surface area (Å²) in [6, 6.07) is 15.2. The SMILES string of the molecule is COc1ccc(C2=CN3C(=O)c4cc(OC)c(OCCCCCOc5cc6c(cc5OC)C(=O)N5CC7(CC7)C[C@H]5CN6)cc4N=CC3C2)cc1. The molecular formula is C40H44N4O7. The number of carbonyl (C=O) groups excluding carboxylic acids is 2. The summed E-state index contributed by atoms with van der Waals surface area (Å²) < 4.78 is 28.9. The molecule has 11 heteroatoms. The topological polar surface area (TPSA) is 111 Å². The predicted molar refractivity (Wildman–Crippen MR) is 194 cm³/mol. The summed E-state index contributed by atoms with van der Waals surface area (Å²) in [7, 11) is 4.83. The number of benzene rings is 3. The van der Waals surface area contributed by atoms with Crippen LogP contribution in [0.3, 0.4) is 0 Å². The summed E-state index contributed by atoms with van der Waals surface area (Å²) >= 11 is 0. The Morgan fingerprint density at radius 3 is 2.22 bits per heavy atom. The van der Waals surface area contributed by atoms with Crippen LogP contribution in [0.4, 0.5) is 11.4 Å². The monoisotopic (exact) mass is 692 g/mol. The zero-order chi connectivity index (χ0) is 35.1. The number of hydrogen-bond donors (Lipinski definition) is 1. The molecule has 2 fully saturated rings. The molecule has 2 atom stereocenters. The van der Waals surface area contributed by atoms with Gasteiger partial charge in [0.05, 0.1) is 63.1 Å². The summed E-state index contributed by atoms with van der Waals surface area (Å²) in [6.07, 6.45) is 10.5. The molecule has 2 amide bonds. The first-order chi connectivity index (χ1) is 24.9. The van der Waals surface area contributed by atoms with Crippen molar-refractivity contribution in [1.29, 1.82) is 0 Å². The largest absolute Gasteiger partial charge is 0.497 e. The minimum atomic E-state index is -0.170. The first kappa shape index (κ1) is 33.0. The van der Waals surface area contributed by atoms with E-state index in [2.05, 4.69) is 10.2 Å². The van der Waals surface area contributed by atoms with Crippen molar-refractivity contribution in [2.24, 2.45) is 10.4 Å². The number of carbonyl (C=O) groups is 2. The van der Waals surface area contributed by atoms with Crippen molar-refractivity contribution in [3.63, 3.8) is 0 Å². The first-order valence-corrected chi connectivity index (χ1v) is 17.8. The van der Waals surface area contributed by atoms with E-state index in [1.54, 1.807) is 38.4 Å². The van der Waals surface area contributed by atoms with E-state index in [1.807, 2.05) is 48.8 Å². The summed E-state index contributed by atoms with van der Waals surface area (Å²) in [5, 5.41) is 3.51.